The fraction of sp³-hybridized carbons (Fsp3) is 0.500. The van der Waals surface area contributed by atoms with Crippen molar-refractivity contribution in [2.45, 2.75) is 32.4 Å². The van der Waals surface area contributed by atoms with E-state index in [0.29, 0.717) is 6.54 Å². The van der Waals surface area contributed by atoms with Crippen LogP contribution in [-0.2, 0) is 16.1 Å². The van der Waals surface area contributed by atoms with E-state index in [0.717, 1.165) is 25.9 Å². The van der Waals surface area contributed by atoms with Crippen LogP contribution in [0.25, 0.3) is 0 Å². The number of rotatable bonds is 6. The Kier molecular flexibility index (Phi) is 5.33. The first kappa shape index (κ1) is 15.5. The van der Waals surface area contributed by atoms with Gasteiger partial charge >= 0.3 is 5.97 Å². The molecule has 1 amide bonds. The molecule has 1 atom stereocenters. The van der Waals surface area contributed by atoms with Crippen LogP contribution in [0.2, 0.25) is 0 Å². The first-order valence-corrected chi connectivity index (χ1v) is 7.40. The largest absolute Gasteiger partial charge is 0.480 e. The molecular formula is C16H22N2O3. The second kappa shape index (κ2) is 7.22. The molecule has 2 rings (SSSR count). The standard InChI is InChI=1S/C16H22N2O3/c1-2-17(12-15(19)20)16(21)14-9-6-10-18(14)11-13-7-4-3-5-8-13/h3-5,7-8,14H,2,6,9-12H2,1H3,(H,19,20). The number of carbonyl (C=O) groups is 2. The van der Waals surface area contributed by atoms with Crippen molar-refractivity contribution in [3.63, 3.8) is 0 Å². The lowest BCUT2D eigenvalue weighted by Crippen LogP contribution is -2.47. The predicted molar refractivity (Wildman–Crippen MR) is 79.8 cm³/mol. The zero-order valence-corrected chi connectivity index (χ0v) is 12.4. The molecule has 0 aromatic heterocycles. The molecule has 5 heteroatoms. The molecular weight excluding hydrogens is 268 g/mol. The van der Waals surface area contributed by atoms with E-state index in [-0.39, 0.29) is 18.5 Å². The van der Waals surface area contributed by atoms with Gasteiger partial charge in [0.1, 0.15) is 6.54 Å². The van der Waals surface area contributed by atoms with Crippen molar-refractivity contribution >= 4 is 11.9 Å². The van der Waals surface area contributed by atoms with Gasteiger partial charge < -0.3 is 10.0 Å². The van der Waals surface area contributed by atoms with E-state index in [9.17, 15) is 9.59 Å². The minimum atomic E-state index is -0.960. The van der Waals surface area contributed by atoms with Crippen molar-refractivity contribution in [2.24, 2.45) is 0 Å². The Morgan fingerprint density at radius 1 is 1.33 bits per heavy atom. The smallest absolute Gasteiger partial charge is 0.323 e. The molecule has 5 nitrogen and oxygen atoms in total. The molecule has 0 aliphatic carbocycles. The molecule has 1 unspecified atom stereocenters. The molecule has 1 N–H and O–H groups in total. The summed E-state index contributed by atoms with van der Waals surface area (Å²) >= 11 is 0. The van der Waals surface area contributed by atoms with Crippen LogP contribution in [0, 0.1) is 0 Å². The minimum absolute atomic E-state index is 0.0617. The van der Waals surface area contributed by atoms with Gasteiger partial charge in [0, 0.05) is 13.1 Å². The summed E-state index contributed by atoms with van der Waals surface area (Å²) in [6.07, 6.45) is 1.79. The average molecular weight is 290 g/mol. The SMILES string of the molecule is CCN(CC(=O)O)C(=O)C1CCCN1Cc1ccccc1. The summed E-state index contributed by atoms with van der Waals surface area (Å²) < 4.78 is 0. The highest BCUT2D eigenvalue weighted by Crippen LogP contribution is 2.21. The summed E-state index contributed by atoms with van der Waals surface area (Å²) in [4.78, 5) is 27.0. The summed E-state index contributed by atoms with van der Waals surface area (Å²) in [7, 11) is 0. The van der Waals surface area contributed by atoms with Gasteiger partial charge in [0.25, 0.3) is 0 Å². The molecule has 1 aliphatic heterocycles. The Morgan fingerprint density at radius 2 is 2.05 bits per heavy atom. The summed E-state index contributed by atoms with van der Waals surface area (Å²) in [5, 5.41) is 8.90. The van der Waals surface area contributed by atoms with E-state index >= 15 is 0 Å². The molecule has 1 aromatic carbocycles. The first-order chi connectivity index (χ1) is 10.1. The third-order valence-corrected chi connectivity index (χ3v) is 3.90. The molecule has 1 heterocycles. The summed E-state index contributed by atoms with van der Waals surface area (Å²) in [5.74, 6) is -1.02. The molecule has 0 bridgehead atoms. The van der Waals surface area contributed by atoms with Crippen LogP contribution in [0.3, 0.4) is 0 Å². The second-order valence-corrected chi connectivity index (χ2v) is 5.36. The zero-order chi connectivity index (χ0) is 15.2. The summed E-state index contributed by atoms with van der Waals surface area (Å²) in [6.45, 7) is 3.65. The van der Waals surface area contributed by atoms with Gasteiger partial charge in [0.2, 0.25) is 5.91 Å². The van der Waals surface area contributed by atoms with Crippen LogP contribution < -0.4 is 0 Å². The van der Waals surface area contributed by atoms with Gasteiger partial charge in [-0.1, -0.05) is 30.3 Å². The summed E-state index contributed by atoms with van der Waals surface area (Å²) in [5.41, 5.74) is 1.18. The first-order valence-electron chi connectivity index (χ1n) is 7.40. The van der Waals surface area contributed by atoms with E-state index in [4.69, 9.17) is 5.11 Å². The van der Waals surface area contributed by atoms with Gasteiger partial charge in [-0.15, -0.1) is 0 Å². The number of nitrogens with zero attached hydrogens (tertiary/aromatic N) is 2. The Hall–Kier alpha value is -1.88. The number of carboxylic acid groups (broad SMARTS) is 1. The normalized spacial score (nSPS) is 18.6. The van der Waals surface area contributed by atoms with Crippen molar-refractivity contribution in [1.29, 1.82) is 0 Å². The lowest BCUT2D eigenvalue weighted by Gasteiger charge is -2.28. The second-order valence-electron chi connectivity index (χ2n) is 5.36. The molecule has 21 heavy (non-hydrogen) atoms. The van der Waals surface area contributed by atoms with E-state index < -0.39 is 5.97 Å². The van der Waals surface area contributed by atoms with Crippen LogP contribution in [0.4, 0.5) is 0 Å². The molecule has 0 spiro atoms. The molecule has 0 saturated carbocycles. The van der Waals surface area contributed by atoms with Gasteiger partial charge in [-0.05, 0) is 31.9 Å². The zero-order valence-electron chi connectivity index (χ0n) is 12.4. The van der Waals surface area contributed by atoms with Gasteiger partial charge in [0.05, 0.1) is 6.04 Å². The Labute approximate surface area is 125 Å². The van der Waals surface area contributed by atoms with Crippen LogP contribution in [0.15, 0.2) is 30.3 Å². The van der Waals surface area contributed by atoms with Gasteiger partial charge in [-0.3, -0.25) is 14.5 Å². The molecule has 0 radical (unpaired) electrons. The fourth-order valence-corrected chi connectivity index (χ4v) is 2.83. The van der Waals surface area contributed by atoms with E-state index in [1.54, 1.807) is 0 Å². The average Bonchev–Trinajstić information content (AvgIpc) is 2.93. The monoisotopic (exact) mass is 290 g/mol. The number of carboxylic acids is 1. The number of likely N-dealkylation sites (N-methyl/N-ethyl adjacent to an activating group) is 1. The highest BCUT2D eigenvalue weighted by Gasteiger charge is 2.33. The topological polar surface area (TPSA) is 60.9 Å². The van der Waals surface area contributed by atoms with Gasteiger partial charge in [0.15, 0.2) is 0 Å². The lowest BCUT2D eigenvalue weighted by atomic mass is 10.1. The van der Waals surface area contributed by atoms with E-state index in [2.05, 4.69) is 17.0 Å². The Balaban J connectivity index is 2.03. The molecule has 1 aromatic rings. The lowest BCUT2D eigenvalue weighted by molar-refractivity contribution is -0.146. The number of benzene rings is 1. The maximum atomic E-state index is 12.5. The van der Waals surface area contributed by atoms with Crippen LogP contribution in [0.5, 0.6) is 0 Å². The maximum absolute atomic E-state index is 12.5. The third kappa shape index (κ3) is 4.04. The highest BCUT2D eigenvalue weighted by atomic mass is 16.4. The predicted octanol–water partition coefficient (Wildman–Crippen LogP) is 1.58. The van der Waals surface area contributed by atoms with Crippen molar-refractivity contribution < 1.29 is 14.7 Å². The van der Waals surface area contributed by atoms with Crippen LogP contribution in [-0.4, -0.2) is 52.5 Å². The quantitative estimate of drug-likeness (QED) is 0.864. The van der Waals surface area contributed by atoms with E-state index in [1.165, 1.54) is 10.5 Å². The molecule has 1 saturated heterocycles. The van der Waals surface area contributed by atoms with Crippen LogP contribution >= 0.6 is 0 Å². The molecule has 1 aliphatic rings. The Bertz CT molecular complexity index is 490. The Morgan fingerprint density at radius 3 is 2.67 bits per heavy atom. The maximum Gasteiger partial charge on any atom is 0.323 e. The number of amides is 1. The van der Waals surface area contributed by atoms with Gasteiger partial charge in [-0.2, -0.15) is 0 Å². The van der Waals surface area contributed by atoms with Gasteiger partial charge in [-0.25, -0.2) is 0 Å². The minimum Gasteiger partial charge on any atom is -0.480 e. The van der Waals surface area contributed by atoms with E-state index in [1.807, 2.05) is 25.1 Å². The number of hydrogen-bond acceptors (Lipinski definition) is 3. The number of carbonyl (C=O) groups excluding carboxylic acids is 1. The van der Waals surface area contributed by atoms with Crippen LogP contribution in [0.1, 0.15) is 25.3 Å². The van der Waals surface area contributed by atoms with Crippen molar-refractivity contribution in [2.75, 3.05) is 19.6 Å². The number of likely N-dealkylation sites (tertiary alicyclic amines) is 1. The number of aliphatic carboxylic acids is 1. The molecule has 114 valence electrons. The number of hydrogen-bond donors (Lipinski definition) is 1. The highest BCUT2D eigenvalue weighted by molar-refractivity contribution is 5.85. The van der Waals surface area contributed by atoms with Crippen molar-refractivity contribution in [1.82, 2.24) is 9.80 Å². The van der Waals surface area contributed by atoms with Crippen molar-refractivity contribution in [3.05, 3.63) is 35.9 Å². The fourth-order valence-electron chi connectivity index (χ4n) is 2.83. The third-order valence-electron chi connectivity index (χ3n) is 3.90. The molecule has 1 fully saturated rings. The van der Waals surface area contributed by atoms with Crippen molar-refractivity contribution in [3.8, 4) is 0 Å². The summed E-state index contributed by atoms with van der Waals surface area (Å²) in [6, 6.07) is 9.87.